The summed E-state index contributed by atoms with van der Waals surface area (Å²) in [6, 6.07) is 6.06. The van der Waals surface area contributed by atoms with Crippen molar-refractivity contribution in [2.45, 2.75) is 45.1 Å². The number of anilines is 1. The van der Waals surface area contributed by atoms with Crippen molar-refractivity contribution in [3.63, 3.8) is 0 Å². The summed E-state index contributed by atoms with van der Waals surface area (Å²) in [4.78, 5) is 30.4. The number of nitrogens with one attached hydrogen (secondary N) is 2. The molecule has 1 aromatic carbocycles. The van der Waals surface area contributed by atoms with Gasteiger partial charge in [0.05, 0.1) is 16.3 Å². The van der Waals surface area contributed by atoms with Gasteiger partial charge >= 0.3 is 0 Å². The fourth-order valence-corrected chi connectivity index (χ4v) is 4.06. The summed E-state index contributed by atoms with van der Waals surface area (Å²) in [6.45, 7) is 1.64. The monoisotopic (exact) mass is 377 g/mol. The summed E-state index contributed by atoms with van der Waals surface area (Å²) in [5, 5.41) is 6.45. The van der Waals surface area contributed by atoms with Gasteiger partial charge in [-0.15, -0.1) is 11.3 Å². The molecule has 1 atom stereocenters. The van der Waals surface area contributed by atoms with Crippen LogP contribution in [-0.4, -0.2) is 22.8 Å². The van der Waals surface area contributed by atoms with Crippen LogP contribution in [0, 0.1) is 0 Å². The van der Waals surface area contributed by atoms with E-state index in [9.17, 15) is 9.59 Å². The van der Waals surface area contributed by atoms with Gasteiger partial charge < -0.3 is 10.6 Å². The second-order valence-electron chi connectivity index (χ2n) is 6.11. The van der Waals surface area contributed by atoms with Gasteiger partial charge in [0.15, 0.2) is 5.13 Å². The number of amides is 2. The third kappa shape index (κ3) is 4.38. The molecule has 3 rings (SSSR count). The maximum atomic E-state index is 12.4. The Kier molecular flexibility index (Phi) is 5.71. The molecule has 1 unspecified atom stereocenters. The van der Waals surface area contributed by atoms with Gasteiger partial charge in [-0.1, -0.05) is 30.2 Å². The summed E-state index contributed by atoms with van der Waals surface area (Å²) in [5.74, 6) is -0.660. The number of benzene rings is 1. The fraction of sp³-hybridized carbons (Fsp3) is 0.389. The topological polar surface area (TPSA) is 71.1 Å². The quantitative estimate of drug-likeness (QED) is 0.795. The number of nitrogens with zero attached hydrogens (tertiary/aromatic N) is 1. The third-order valence-electron chi connectivity index (χ3n) is 4.19. The van der Waals surface area contributed by atoms with Crippen molar-refractivity contribution in [3.8, 4) is 0 Å². The molecule has 2 amide bonds. The van der Waals surface area contributed by atoms with E-state index in [4.69, 9.17) is 11.6 Å². The van der Waals surface area contributed by atoms with Crippen molar-refractivity contribution in [1.82, 2.24) is 10.3 Å². The Labute approximate surface area is 155 Å². The zero-order valence-electron chi connectivity index (χ0n) is 14.0. The normalized spacial score (nSPS) is 15.0. The van der Waals surface area contributed by atoms with Gasteiger partial charge in [-0.05, 0) is 44.7 Å². The summed E-state index contributed by atoms with van der Waals surface area (Å²) < 4.78 is 0. The van der Waals surface area contributed by atoms with Crippen LogP contribution in [0.5, 0.6) is 0 Å². The minimum Gasteiger partial charge on any atom is -0.340 e. The molecule has 0 radical (unpaired) electrons. The molecular weight excluding hydrogens is 358 g/mol. The van der Waals surface area contributed by atoms with E-state index in [-0.39, 0.29) is 11.8 Å². The van der Waals surface area contributed by atoms with Crippen LogP contribution in [0.2, 0.25) is 5.02 Å². The first-order chi connectivity index (χ1) is 12.0. The zero-order valence-corrected chi connectivity index (χ0v) is 15.5. The molecule has 0 fully saturated rings. The van der Waals surface area contributed by atoms with E-state index in [1.807, 2.05) is 0 Å². The SMILES string of the molecule is CC(NC(=O)c1ccccc1Cl)C(=O)Nc1nc2c(s1)CCCCC2. The molecule has 0 saturated heterocycles. The van der Waals surface area contributed by atoms with E-state index in [2.05, 4.69) is 15.6 Å². The molecule has 132 valence electrons. The molecule has 0 saturated carbocycles. The molecule has 1 aromatic heterocycles. The second kappa shape index (κ2) is 7.97. The molecule has 2 N–H and O–H groups in total. The highest BCUT2D eigenvalue weighted by Crippen LogP contribution is 2.29. The van der Waals surface area contributed by atoms with Crippen LogP contribution in [0.3, 0.4) is 0 Å². The maximum Gasteiger partial charge on any atom is 0.253 e. The fourth-order valence-electron chi connectivity index (χ4n) is 2.78. The number of thiazole rings is 1. The Balaban J connectivity index is 1.61. The first kappa shape index (κ1) is 17.9. The minimum absolute atomic E-state index is 0.288. The van der Waals surface area contributed by atoms with E-state index in [0.717, 1.165) is 25.0 Å². The Bertz CT molecular complexity index is 767. The molecule has 1 aliphatic rings. The van der Waals surface area contributed by atoms with Crippen molar-refractivity contribution in [3.05, 3.63) is 45.4 Å². The van der Waals surface area contributed by atoms with E-state index in [0.29, 0.717) is 15.7 Å². The van der Waals surface area contributed by atoms with Crippen molar-refractivity contribution in [2.24, 2.45) is 0 Å². The Morgan fingerprint density at radius 1 is 1.20 bits per heavy atom. The largest absolute Gasteiger partial charge is 0.340 e. The smallest absolute Gasteiger partial charge is 0.253 e. The first-order valence-electron chi connectivity index (χ1n) is 8.39. The van der Waals surface area contributed by atoms with E-state index >= 15 is 0 Å². The molecule has 7 heteroatoms. The minimum atomic E-state index is -0.688. The van der Waals surface area contributed by atoms with Crippen LogP contribution in [0.25, 0.3) is 0 Å². The lowest BCUT2D eigenvalue weighted by Crippen LogP contribution is -2.41. The predicted molar refractivity (Wildman–Crippen MR) is 100 cm³/mol. The van der Waals surface area contributed by atoms with Crippen molar-refractivity contribution >= 4 is 39.9 Å². The third-order valence-corrected chi connectivity index (χ3v) is 5.59. The van der Waals surface area contributed by atoms with Gasteiger partial charge in [-0.2, -0.15) is 0 Å². The van der Waals surface area contributed by atoms with Crippen LogP contribution in [0.15, 0.2) is 24.3 Å². The van der Waals surface area contributed by atoms with Crippen LogP contribution >= 0.6 is 22.9 Å². The summed E-state index contributed by atoms with van der Waals surface area (Å²) in [7, 11) is 0. The number of fused-ring (bicyclic) bond motifs is 1. The lowest BCUT2D eigenvalue weighted by molar-refractivity contribution is -0.117. The molecule has 0 spiro atoms. The van der Waals surface area contributed by atoms with Gasteiger partial charge in [0.2, 0.25) is 5.91 Å². The molecule has 1 aliphatic carbocycles. The molecule has 0 aliphatic heterocycles. The first-order valence-corrected chi connectivity index (χ1v) is 9.59. The Morgan fingerprint density at radius 3 is 2.76 bits per heavy atom. The van der Waals surface area contributed by atoms with Crippen molar-refractivity contribution < 1.29 is 9.59 Å². The van der Waals surface area contributed by atoms with E-state index in [1.54, 1.807) is 31.2 Å². The van der Waals surface area contributed by atoms with Crippen LogP contribution in [0.1, 0.15) is 47.1 Å². The average molecular weight is 378 g/mol. The van der Waals surface area contributed by atoms with Crippen LogP contribution < -0.4 is 10.6 Å². The average Bonchev–Trinajstić information content (AvgIpc) is 2.83. The number of hydrogen-bond acceptors (Lipinski definition) is 4. The zero-order chi connectivity index (χ0) is 17.8. The maximum absolute atomic E-state index is 12.4. The van der Waals surface area contributed by atoms with E-state index < -0.39 is 6.04 Å². The molecular formula is C18H20ClN3O2S. The number of hydrogen-bond donors (Lipinski definition) is 2. The van der Waals surface area contributed by atoms with Crippen molar-refractivity contribution in [2.75, 3.05) is 5.32 Å². The van der Waals surface area contributed by atoms with Gasteiger partial charge in [0.25, 0.3) is 5.91 Å². The standard InChI is InChI=1S/C18H20ClN3O2S/c1-11(20-17(24)12-7-5-6-8-13(12)19)16(23)22-18-21-14-9-3-2-4-10-15(14)25-18/h5-8,11H,2-4,9-10H2,1H3,(H,20,24)(H,21,22,23). The number of aryl methyl sites for hydroxylation is 2. The number of rotatable bonds is 4. The molecule has 0 bridgehead atoms. The number of aromatic nitrogens is 1. The van der Waals surface area contributed by atoms with Gasteiger partial charge in [0.1, 0.15) is 6.04 Å². The lowest BCUT2D eigenvalue weighted by Gasteiger charge is -2.13. The summed E-state index contributed by atoms with van der Waals surface area (Å²) in [6.07, 6.45) is 5.55. The summed E-state index contributed by atoms with van der Waals surface area (Å²) >= 11 is 7.55. The second-order valence-corrected chi connectivity index (χ2v) is 7.60. The number of halogens is 1. The van der Waals surface area contributed by atoms with Crippen molar-refractivity contribution in [1.29, 1.82) is 0 Å². The predicted octanol–water partition coefficient (Wildman–Crippen LogP) is 3.82. The molecule has 2 aromatic rings. The van der Waals surface area contributed by atoms with Gasteiger partial charge in [-0.25, -0.2) is 4.98 Å². The van der Waals surface area contributed by atoms with Gasteiger partial charge in [-0.3, -0.25) is 9.59 Å². The van der Waals surface area contributed by atoms with Crippen LogP contribution in [0.4, 0.5) is 5.13 Å². The number of carbonyl (C=O) groups excluding carboxylic acids is 2. The molecule has 25 heavy (non-hydrogen) atoms. The van der Waals surface area contributed by atoms with Crippen LogP contribution in [-0.2, 0) is 17.6 Å². The van der Waals surface area contributed by atoms with E-state index in [1.165, 1.54) is 29.1 Å². The highest BCUT2D eigenvalue weighted by atomic mass is 35.5. The summed E-state index contributed by atoms with van der Waals surface area (Å²) in [5.41, 5.74) is 1.45. The number of carbonyl (C=O) groups is 2. The highest BCUT2D eigenvalue weighted by molar-refractivity contribution is 7.15. The molecule has 1 heterocycles. The highest BCUT2D eigenvalue weighted by Gasteiger charge is 2.20. The molecule has 5 nitrogen and oxygen atoms in total. The lowest BCUT2D eigenvalue weighted by atomic mass is 10.2. The Hall–Kier alpha value is -1.92. The van der Waals surface area contributed by atoms with Gasteiger partial charge in [0, 0.05) is 4.88 Å². The Morgan fingerprint density at radius 2 is 1.96 bits per heavy atom.